The monoisotopic (exact) mass is 215 g/mol. The van der Waals surface area contributed by atoms with E-state index in [2.05, 4.69) is 4.90 Å². The van der Waals surface area contributed by atoms with E-state index in [4.69, 9.17) is 15.0 Å². The molecule has 0 spiro atoms. The zero-order chi connectivity index (χ0) is 11.4. The van der Waals surface area contributed by atoms with Gasteiger partial charge in [-0.2, -0.15) is 13.2 Å². The molecule has 1 saturated heterocycles. The molecule has 0 aromatic heterocycles. The minimum atomic E-state index is -5.08. The van der Waals surface area contributed by atoms with Gasteiger partial charge in [0.1, 0.15) is 0 Å². The van der Waals surface area contributed by atoms with Crippen molar-refractivity contribution >= 4 is 5.97 Å². The van der Waals surface area contributed by atoms with Gasteiger partial charge in [-0.1, -0.05) is 0 Å². The van der Waals surface area contributed by atoms with Crippen LogP contribution in [0.2, 0.25) is 0 Å². The molecule has 1 unspecified atom stereocenters. The first-order valence-electron chi connectivity index (χ1n) is 3.90. The van der Waals surface area contributed by atoms with Crippen molar-refractivity contribution in [2.24, 2.45) is 0 Å². The number of rotatable bonds is 0. The molecule has 7 heteroatoms. The lowest BCUT2D eigenvalue weighted by Gasteiger charge is -2.02. The average Bonchev–Trinajstić information content (AvgIpc) is 2.33. The molecule has 1 aliphatic rings. The molecule has 1 aliphatic heterocycles. The molecular formula is C7H12F3NO3. The number of β-amino-alcohol motifs (C(OH)–C–C–N with tert-alkyl or cyclic N) is 1. The molecule has 0 aromatic carbocycles. The Hall–Kier alpha value is -0.820. The average molecular weight is 215 g/mol. The first-order valence-corrected chi connectivity index (χ1v) is 3.90. The lowest BCUT2D eigenvalue weighted by molar-refractivity contribution is -0.192. The quantitative estimate of drug-likeness (QED) is 0.610. The predicted octanol–water partition coefficient (Wildman–Crippen LogP) is 0.316. The van der Waals surface area contributed by atoms with E-state index in [1.165, 1.54) is 0 Å². The highest BCUT2D eigenvalue weighted by Crippen LogP contribution is 2.13. The summed E-state index contributed by atoms with van der Waals surface area (Å²) in [5, 5.41) is 16.0. The van der Waals surface area contributed by atoms with Gasteiger partial charge in [-0.3, -0.25) is 0 Å². The van der Waals surface area contributed by atoms with E-state index < -0.39 is 12.1 Å². The second-order valence-corrected chi connectivity index (χ2v) is 3.01. The van der Waals surface area contributed by atoms with E-state index in [0.717, 1.165) is 19.5 Å². The van der Waals surface area contributed by atoms with E-state index in [-0.39, 0.29) is 6.10 Å². The number of halogens is 3. The molecule has 0 aromatic rings. The van der Waals surface area contributed by atoms with E-state index in [9.17, 15) is 13.2 Å². The number of carbonyl (C=O) groups is 1. The van der Waals surface area contributed by atoms with Gasteiger partial charge in [-0.15, -0.1) is 0 Å². The number of aliphatic carboxylic acids is 1. The summed E-state index contributed by atoms with van der Waals surface area (Å²) >= 11 is 0. The smallest absolute Gasteiger partial charge is 0.475 e. The minimum absolute atomic E-state index is 0.0509. The Labute approximate surface area is 78.9 Å². The number of alkyl halides is 3. The summed E-state index contributed by atoms with van der Waals surface area (Å²) in [6.45, 7) is 1.92. The number of nitrogens with zero attached hydrogens (tertiary/aromatic N) is 1. The van der Waals surface area contributed by atoms with Crippen molar-refractivity contribution in [1.82, 2.24) is 4.90 Å². The van der Waals surface area contributed by atoms with Crippen molar-refractivity contribution in [2.45, 2.75) is 18.7 Å². The fraction of sp³-hybridized carbons (Fsp3) is 0.857. The summed E-state index contributed by atoms with van der Waals surface area (Å²) in [7, 11) is 2.02. The van der Waals surface area contributed by atoms with Gasteiger partial charge in [-0.05, 0) is 13.5 Å². The lowest BCUT2D eigenvalue weighted by Crippen LogP contribution is -2.21. The zero-order valence-electron chi connectivity index (χ0n) is 7.58. The molecule has 1 heterocycles. The van der Waals surface area contributed by atoms with E-state index in [1.54, 1.807) is 0 Å². The summed E-state index contributed by atoms with van der Waals surface area (Å²) in [4.78, 5) is 11.0. The predicted molar refractivity (Wildman–Crippen MR) is 41.8 cm³/mol. The van der Waals surface area contributed by atoms with Crippen LogP contribution in [0.4, 0.5) is 13.2 Å². The van der Waals surface area contributed by atoms with Crippen molar-refractivity contribution in [3.63, 3.8) is 0 Å². The molecule has 1 atom stereocenters. The minimum Gasteiger partial charge on any atom is -0.475 e. The molecule has 0 aliphatic carbocycles. The highest BCUT2D eigenvalue weighted by Gasteiger charge is 2.38. The number of hydrogen-bond donors (Lipinski definition) is 2. The van der Waals surface area contributed by atoms with Gasteiger partial charge in [0.15, 0.2) is 0 Å². The molecule has 1 rings (SSSR count). The second kappa shape index (κ2) is 5.16. The molecule has 0 saturated carbocycles. The Morgan fingerprint density at radius 2 is 1.93 bits per heavy atom. The fourth-order valence-corrected chi connectivity index (χ4v) is 0.912. The van der Waals surface area contributed by atoms with Gasteiger partial charge in [0.2, 0.25) is 0 Å². The maximum atomic E-state index is 10.6. The Balaban J connectivity index is 0.000000241. The summed E-state index contributed by atoms with van der Waals surface area (Å²) in [5.74, 6) is -2.76. The van der Waals surface area contributed by atoms with Crippen molar-refractivity contribution < 1.29 is 28.2 Å². The number of likely N-dealkylation sites (tertiary alicyclic amines) is 1. The lowest BCUT2D eigenvalue weighted by atomic mass is 10.3. The SMILES string of the molecule is CN1CCC(O)C1.O=C(O)C(F)(F)F. The molecule has 4 nitrogen and oxygen atoms in total. The van der Waals surface area contributed by atoms with Gasteiger partial charge in [0, 0.05) is 13.1 Å². The third-order valence-corrected chi connectivity index (χ3v) is 1.61. The number of carboxylic acids is 1. The van der Waals surface area contributed by atoms with E-state index >= 15 is 0 Å². The van der Waals surface area contributed by atoms with E-state index in [0.29, 0.717) is 0 Å². The normalized spacial score (nSPS) is 22.8. The Bertz CT molecular complexity index is 187. The van der Waals surface area contributed by atoms with Crippen LogP contribution in [0.3, 0.4) is 0 Å². The molecule has 0 bridgehead atoms. The topological polar surface area (TPSA) is 60.8 Å². The standard InChI is InChI=1S/C5H11NO.C2HF3O2/c1-6-3-2-5(7)4-6;3-2(4,5)1(6)7/h5,7H,2-4H2,1H3;(H,6,7). The van der Waals surface area contributed by atoms with Crippen LogP contribution in [0.1, 0.15) is 6.42 Å². The zero-order valence-corrected chi connectivity index (χ0v) is 7.58. The maximum Gasteiger partial charge on any atom is 0.490 e. The van der Waals surface area contributed by atoms with Gasteiger partial charge in [-0.25, -0.2) is 4.79 Å². The van der Waals surface area contributed by atoms with E-state index in [1.807, 2.05) is 7.05 Å². The molecule has 1 fully saturated rings. The van der Waals surface area contributed by atoms with Crippen LogP contribution in [0.25, 0.3) is 0 Å². The fourth-order valence-electron chi connectivity index (χ4n) is 0.912. The van der Waals surface area contributed by atoms with Crippen molar-refractivity contribution in [3.8, 4) is 0 Å². The van der Waals surface area contributed by atoms with Crippen LogP contribution >= 0.6 is 0 Å². The molecule has 84 valence electrons. The number of likely N-dealkylation sites (N-methyl/N-ethyl adjacent to an activating group) is 1. The first kappa shape index (κ1) is 13.2. The highest BCUT2D eigenvalue weighted by atomic mass is 19.4. The third-order valence-electron chi connectivity index (χ3n) is 1.61. The Kier molecular flexibility index (Phi) is 4.86. The Morgan fingerprint density at radius 3 is 2.00 bits per heavy atom. The Morgan fingerprint density at radius 1 is 1.50 bits per heavy atom. The molecule has 14 heavy (non-hydrogen) atoms. The van der Waals surface area contributed by atoms with Crippen LogP contribution in [-0.4, -0.2) is 53.5 Å². The first-order chi connectivity index (χ1) is 6.23. The molecule has 0 amide bonds. The molecule has 2 N–H and O–H groups in total. The molecular weight excluding hydrogens is 203 g/mol. The highest BCUT2D eigenvalue weighted by molar-refractivity contribution is 5.73. The maximum absolute atomic E-state index is 10.6. The van der Waals surface area contributed by atoms with Crippen LogP contribution in [0.5, 0.6) is 0 Å². The number of hydrogen-bond acceptors (Lipinski definition) is 3. The number of aliphatic hydroxyl groups excluding tert-OH is 1. The van der Waals surface area contributed by atoms with Crippen LogP contribution in [0, 0.1) is 0 Å². The van der Waals surface area contributed by atoms with Gasteiger partial charge in [0.25, 0.3) is 0 Å². The van der Waals surface area contributed by atoms with Crippen molar-refractivity contribution in [3.05, 3.63) is 0 Å². The summed E-state index contributed by atoms with van der Waals surface area (Å²) in [6.07, 6.45) is -4.18. The van der Waals surface area contributed by atoms with Crippen molar-refractivity contribution in [2.75, 3.05) is 20.1 Å². The van der Waals surface area contributed by atoms with Gasteiger partial charge >= 0.3 is 12.1 Å². The third kappa shape index (κ3) is 5.76. The van der Waals surface area contributed by atoms with Gasteiger partial charge in [0.05, 0.1) is 6.10 Å². The van der Waals surface area contributed by atoms with Crippen LogP contribution < -0.4 is 0 Å². The summed E-state index contributed by atoms with van der Waals surface area (Å²) in [6, 6.07) is 0. The van der Waals surface area contributed by atoms with Crippen LogP contribution in [0.15, 0.2) is 0 Å². The van der Waals surface area contributed by atoms with Gasteiger partial charge < -0.3 is 15.1 Å². The number of carboxylic acid groups (broad SMARTS) is 1. The van der Waals surface area contributed by atoms with Crippen molar-refractivity contribution in [1.29, 1.82) is 0 Å². The second-order valence-electron chi connectivity index (χ2n) is 3.01. The molecule has 0 radical (unpaired) electrons. The largest absolute Gasteiger partial charge is 0.490 e. The summed E-state index contributed by atoms with van der Waals surface area (Å²) in [5.41, 5.74) is 0. The number of aliphatic hydroxyl groups is 1. The summed E-state index contributed by atoms with van der Waals surface area (Å²) < 4.78 is 31.7. The van der Waals surface area contributed by atoms with Crippen LogP contribution in [-0.2, 0) is 4.79 Å².